The summed E-state index contributed by atoms with van der Waals surface area (Å²) in [7, 11) is 0. The number of carbonyl (C=O) groups excluding carboxylic acids is 1. The molecule has 0 heterocycles. The van der Waals surface area contributed by atoms with Crippen LogP contribution in [-0.4, -0.2) is 5.91 Å². The normalized spacial score (nSPS) is 8.90. The van der Waals surface area contributed by atoms with Crippen molar-refractivity contribution in [1.82, 2.24) is 4.72 Å². The largest absolute Gasteiger partial charge is 0.283 e. The van der Waals surface area contributed by atoms with Crippen molar-refractivity contribution in [2.45, 2.75) is 0 Å². The smallest absolute Gasteiger partial charge is 0.266 e. The van der Waals surface area contributed by atoms with Gasteiger partial charge in [0, 0.05) is 5.56 Å². The zero-order chi connectivity index (χ0) is 7.40. The fourth-order valence-corrected chi connectivity index (χ4v) is 0.754. The third-order valence-corrected chi connectivity index (χ3v) is 1.29. The Morgan fingerprint density at radius 2 is 1.90 bits per heavy atom. The van der Waals surface area contributed by atoms with Crippen molar-refractivity contribution >= 4 is 18.7 Å². The van der Waals surface area contributed by atoms with E-state index in [2.05, 4.69) is 17.5 Å². The van der Waals surface area contributed by atoms with Crippen LogP contribution in [0.2, 0.25) is 0 Å². The fourth-order valence-electron chi connectivity index (χ4n) is 0.638. The Balaban J connectivity index is 2.85. The average molecular weight is 152 g/mol. The molecule has 51 valence electrons. The van der Waals surface area contributed by atoms with Crippen LogP contribution in [0.1, 0.15) is 10.4 Å². The average Bonchev–Trinajstić information content (AvgIpc) is 2.05. The van der Waals surface area contributed by atoms with Crippen LogP contribution in [0.3, 0.4) is 0 Å². The Kier molecular flexibility index (Phi) is 2.34. The van der Waals surface area contributed by atoms with Crippen LogP contribution in [0, 0.1) is 0 Å². The minimum Gasteiger partial charge on any atom is -0.266 e. The Labute approximate surface area is 64.8 Å². The van der Waals surface area contributed by atoms with E-state index in [1.54, 1.807) is 24.3 Å². The quantitative estimate of drug-likeness (QED) is 0.604. The van der Waals surface area contributed by atoms with E-state index >= 15 is 0 Å². The van der Waals surface area contributed by atoms with E-state index in [0.29, 0.717) is 5.56 Å². The number of benzene rings is 1. The number of thiol groups is 1. The van der Waals surface area contributed by atoms with E-state index in [1.807, 2.05) is 6.07 Å². The minimum absolute atomic E-state index is 0.302. The van der Waals surface area contributed by atoms with Crippen LogP contribution in [0.25, 0.3) is 0 Å². The molecule has 1 radical (unpaired) electrons. The van der Waals surface area contributed by atoms with Crippen molar-refractivity contribution < 1.29 is 4.79 Å². The van der Waals surface area contributed by atoms with E-state index in [4.69, 9.17) is 0 Å². The van der Waals surface area contributed by atoms with E-state index in [-0.39, 0.29) is 5.91 Å². The van der Waals surface area contributed by atoms with Gasteiger partial charge in [0.1, 0.15) is 0 Å². The highest BCUT2D eigenvalue weighted by atomic mass is 32.1. The first kappa shape index (κ1) is 7.15. The molecular weight excluding hydrogens is 146 g/mol. The summed E-state index contributed by atoms with van der Waals surface area (Å²) in [4.78, 5) is 10.8. The van der Waals surface area contributed by atoms with Crippen LogP contribution in [0.5, 0.6) is 0 Å². The Morgan fingerprint density at radius 1 is 1.30 bits per heavy atom. The van der Waals surface area contributed by atoms with Gasteiger partial charge in [0.25, 0.3) is 5.91 Å². The summed E-state index contributed by atoms with van der Waals surface area (Å²) in [5, 5.41) is 0. The van der Waals surface area contributed by atoms with E-state index in [1.165, 1.54) is 0 Å². The molecule has 0 saturated heterocycles. The van der Waals surface area contributed by atoms with Gasteiger partial charge in [0.15, 0.2) is 0 Å². The molecule has 0 aromatic heterocycles. The number of hydrogen-bond donors (Lipinski definition) is 1. The zero-order valence-corrected chi connectivity index (χ0v) is 6.08. The SMILES string of the molecule is O=C([N]S)c1ccccc1. The lowest BCUT2D eigenvalue weighted by Crippen LogP contribution is -2.04. The molecule has 0 saturated carbocycles. The van der Waals surface area contributed by atoms with Crippen LogP contribution in [0.4, 0.5) is 0 Å². The van der Waals surface area contributed by atoms with Gasteiger partial charge in [0.2, 0.25) is 0 Å². The molecule has 0 atom stereocenters. The second-order valence-corrected chi connectivity index (χ2v) is 1.97. The van der Waals surface area contributed by atoms with Gasteiger partial charge in [-0.25, -0.2) is 0 Å². The third kappa shape index (κ3) is 1.51. The van der Waals surface area contributed by atoms with Crippen LogP contribution < -0.4 is 4.72 Å². The fraction of sp³-hybridized carbons (Fsp3) is 0. The zero-order valence-electron chi connectivity index (χ0n) is 5.19. The van der Waals surface area contributed by atoms with Crippen LogP contribution in [0.15, 0.2) is 30.3 Å². The van der Waals surface area contributed by atoms with Crippen molar-refractivity contribution in [3.8, 4) is 0 Å². The molecular formula is C7H6NOS. The monoisotopic (exact) mass is 152 g/mol. The molecule has 0 N–H and O–H groups in total. The molecule has 0 spiro atoms. The van der Waals surface area contributed by atoms with Crippen molar-refractivity contribution in [1.29, 1.82) is 0 Å². The first-order valence-corrected chi connectivity index (χ1v) is 3.19. The van der Waals surface area contributed by atoms with Crippen LogP contribution >= 0.6 is 12.8 Å². The number of rotatable bonds is 1. The second-order valence-electron chi connectivity index (χ2n) is 1.77. The number of carbonyl (C=O) groups is 1. The van der Waals surface area contributed by atoms with Crippen LogP contribution in [-0.2, 0) is 0 Å². The van der Waals surface area contributed by atoms with Gasteiger partial charge in [-0.3, -0.25) is 4.79 Å². The first-order valence-electron chi connectivity index (χ1n) is 2.79. The molecule has 1 amide bonds. The van der Waals surface area contributed by atoms with Gasteiger partial charge in [-0.05, 0) is 24.9 Å². The predicted molar refractivity (Wildman–Crippen MR) is 41.9 cm³/mol. The van der Waals surface area contributed by atoms with E-state index in [9.17, 15) is 4.79 Å². The molecule has 0 aliphatic rings. The maximum absolute atomic E-state index is 10.8. The highest BCUT2D eigenvalue weighted by Crippen LogP contribution is 1.98. The van der Waals surface area contributed by atoms with Crippen molar-refractivity contribution in [3.63, 3.8) is 0 Å². The molecule has 0 fully saturated rings. The molecule has 1 rings (SSSR count). The molecule has 0 aliphatic carbocycles. The molecule has 0 unspecified atom stereocenters. The summed E-state index contributed by atoms with van der Waals surface area (Å²) in [5.74, 6) is -0.302. The summed E-state index contributed by atoms with van der Waals surface area (Å²) in [6.45, 7) is 0. The lowest BCUT2D eigenvalue weighted by molar-refractivity contribution is 0.0982. The molecule has 1 aromatic rings. The predicted octanol–water partition coefficient (Wildman–Crippen LogP) is 1.28. The van der Waals surface area contributed by atoms with Gasteiger partial charge >= 0.3 is 0 Å². The topological polar surface area (TPSA) is 31.2 Å². The highest BCUT2D eigenvalue weighted by Gasteiger charge is 2.00. The molecule has 2 nitrogen and oxygen atoms in total. The second kappa shape index (κ2) is 3.27. The third-order valence-electron chi connectivity index (χ3n) is 1.11. The summed E-state index contributed by atoms with van der Waals surface area (Å²) in [6, 6.07) is 8.80. The van der Waals surface area contributed by atoms with Crippen molar-refractivity contribution in [2.24, 2.45) is 0 Å². The van der Waals surface area contributed by atoms with Gasteiger partial charge < -0.3 is 0 Å². The number of nitrogens with zero attached hydrogens (tertiary/aromatic N) is 1. The standard InChI is InChI=1S/C7H6NOS/c9-7(8-10)6-4-2-1-3-5-6/h1-5,10H. The summed E-state index contributed by atoms with van der Waals surface area (Å²) < 4.78 is 3.21. The lowest BCUT2D eigenvalue weighted by atomic mass is 10.2. The van der Waals surface area contributed by atoms with Crippen molar-refractivity contribution in [2.75, 3.05) is 0 Å². The number of hydrogen-bond acceptors (Lipinski definition) is 2. The van der Waals surface area contributed by atoms with Crippen molar-refractivity contribution in [3.05, 3.63) is 35.9 Å². The Hall–Kier alpha value is -0.960. The van der Waals surface area contributed by atoms with Gasteiger partial charge in [-0.2, -0.15) is 4.72 Å². The molecule has 0 aliphatic heterocycles. The maximum atomic E-state index is 10.8. The molecule has 3 heteroatoms. The lowest BCUT2D eigenvalue weighted by Gasteiger charge is -1.92. The maximum Gasteiger partial charge on any atom is 0.283 e. The number of amides is 1. The Bertz CT molecular complexity index is 222. The summed E-state index contributed by atoms with van der Waals surface area (Å²) >= 11 is 3.50. The van der Waals surface area contributed by atoms with E-state index < -0.39 is 0 Å². The highest BCUT2D eigenvalue weighted by molar-refractivity contribution is 7.78. The van der Waals surface area contributed by atoms with Gasteiger partial charge in [-0.15, -0.1) is 0 Å². The Morgan fingerprint density at radius 3 is 2.40 bits per heavy atom. The van der Waals surface area contributed by atoms with Gasteiger partial charge in [0.05, 0.1) is 0 Å². The minimum atomic E-state index is -0.302. The first-order chi connectivity index (χ1) is 4.84. The van der Waals surface area contributed by atoms with E-state index in [0.717, 1.165) is 0 Å². The molecule has 1 aromatic carbocycles. The summed E-state index contributed by atoms with van der Waals surface area (Å²) in [5.41, 5.74) is 0.567. The molecule has 10 heavy (non-hydrogen) atoms. The summed E-state index contributed by atoms with van der Waals surface area (Å²) in [6.07, 6.45) is 0. The molecule has 0 bridgehead atoms. The van der Waals surface area contributed by atoms with Gasteiger partial charge in [-0.1, -0.05) is 18.2 Å².